The second kappa shape index (κ2) is 12.3. The molecule has 208 valence electrons. The Hall–Kier alpha value is -4.52. The number of halogens is 1. The molecule has 0 spiro atoms. The Morgan fingerprint density at radius 1 is 1.05 bits per heavy atom. The average molecular weight is 572 g/mol. The monoisotopic (exact) mass is 571 g/mol. The van der Waals surface area contributed by atoms with Crippen LogP contribution in [-0.2, 0) is 27.2 Å². The number of hydrogen-bond donors (Lipinski definition) is 3. The number of ether oxygens (including phenoxy) is 2. The maximum atomic E-state index is 13.7. The van der Waals surface area contributed by atoms with E-state index >= 15 is 0 Å². The number of carbonyl (C=O) groups is 1. The molecular weight excluding hydrogens is 545 g/mol. The molecule has 41 heavy (non-hydrogen) atoms. The van der Waals surface area contributed by atoms with Gasteiger partial charge < -0.3 is 25.1 Å². The Labute approximate surface area is 239 Å². The van der Waals surface area contributed by atoms with E-state index in [1.165, 1.54) is 17.0 Å². The van der Waals surface area contributed by atoms with E-state index in [0.29, 0.717) is 47.5 Å². The quantitative estimate of drug-likeness (QED) is 0.228. The van der Waals surface area contributed by atoms with Gasteiger partial charge in [0.1, 0.15) is 11.6 Å². The number of carbonyl (C=O) groups excluding carboxylic acids is 1. The predicted octanol–water partition coefficient (Wildman–Crippen LogP) is 4.91. The second-order valence-corrected chi connectivity index (χ2v) is 10.4. The molecule has 0 atom stereocenters. The third-order valence-electron chi connectivity index (χ3n) is 6.41. The lowest BCUT2D eigenvalue weighted by Gasteiger charge is -2.28. The lowest BCUT2D eigenvalue weighted by Crippen LogP contribution is -2.39. The molecule has 0 saturated carbocycles. The maximum absolute atomic E-state index is 13.7. The van der Waals surface area contributed by atoms with Gasteiger partial charge in [0, 0.05) is 22.8 Å². The Kier molecular flexibility index (Phi) is 8.03. The molecule has 3 N–H and O–H groups in total. The van der Waals surface area contributed by atoms with E-state index < -0.39 is 12.2 Å². The Morgan fingerprint density at radius 3 is 2.66 bits per heavy atom. The van der Waals surface area contributed by atoms with Gasteiger partial charge in [-0.2, -0.15) is 0 Å². The molecule has 0 unspecified atom stereocenters. The highest BCUT2D eigenvalue weighted by Crippen LogP contribution is 2.30. The van der Waals surface area contributed by atoms with Crippen LogP contribution in [0.1, 0.15) is 10.7 Å². The van der Waals surface area contributed by atoms with Crippen LogP contribution in [0, 0.1) is 11.7 Å². The van der Waals surface area contributed by atoms with Gasteiger partial charge in [-0.25, -0.2) is 19.3 Å². The summed E-state index contributed by atoms with van der Waals surface area (Å²) in [4.78, 5) is 35.0. The minimum absolute atomic E-state index is 0.192. The topological polar surface area (TPSA) is 127 Å². The van der Waals surface area contributed by atoms with Gasteiger partial charge in [0.05, 0.1) is 61.1 Å². The third kappa shape index (κ3) is 6.62. The van der Waals surface area contributed by atoms with Crippen molar-refractivity contribution in [2.24, 2.45) is 5.92 Å². The molecule has 1 fully saturated rings. The first-order chi connectivity index (χ1) is 20.1. The molecule has 10 nitrogen and oxygen atoms in total. The molecule has 1 aromatic carbocycles. The molecule has 12 heteroatoms. The number of imidazole rings is 1. The van der Waals surface area contributed by atoms with Crippen LogP contribution in [-0.4, -0.2) is 50.3 Å². The number of benzene rings is 1. The first-order valence-corrected chi connectivity index (χ1v) is 13.9. The number of aromatic nitrogens is 5. The molecule has 6 rings (SSSR count). The predicted molar refractivity (Wildman–Crippen MR) is 152 cm³/mol. The first kappa shape index (κ1) is 26.7. The second-order valence-electron chi connectivity index (χ2n) is 9.34. The summed E-state index contributed by atoms with van der Waals surface area (Å²) in [6, 6.07) is 15.5. The number of nitrogens with one attached hydrogen (secondary N) is 3. The number of H-pyrrole nitrogens is 1. The lowest BCUT2D eigenvalue weighted by atomic mass is 10.1. The number of thiophene rings is 1. The molecule has 0 bridgehead atoms. The molecule has 5 aromatic rings. The van der Waals surface area contributed by atoms with Gasteiger partial charge in [0.2, 0.25) is 11.9 Å². The van der Waals surface area contributed by atoms with E-state index in [1.807, 2.05) is 17.5 Å². The average Bonchev–Trinajstić information content (AvgIpc) is 3.68. The number of amides is 1. The van der Waals surface area contributed by atoms with Crippen molar-refractivity contribution in [2.75, 3.05) is 23.8 Å². The zero-order valence-electron chi connectivity index (χ0n) is 21.8. The van der Waals surface area contributed by atoms with Crippen molar-refractivity contribution in [3.63, 3.8) is 0 Å². The lowest BCUT2D eigenvalue weighted by molar-refractivity contribution is -0.199. The van der Waals surface area contributed by atoms with Crippen molar-refractivity contribution < 1.29 is 18.7 Å². The number of rotatable bonds is 9. The summed E-state index contributed by atoms with van der Waals surface area (Å²) >= 11 is 1.65. The smallest absolute Gasteiger partial charge is 0.232 e. The molecule has 1 amide bonds. The SMILES string of the molecule is O=C(Nc1cccnc1)C1COC(Cc2nc(-c3ccc(F)cc3)c(-c3ccnc(NCc4cccs4)n3)[nH]2)OC1. The van der Waals surface area contributed by atoms with Crippen LogP contribution in [0.2, 0.25) is 0 Å². The van der Waals surface area contributed by atoms with Gasteiger partial charge in [0.25, 0.3) is 0 Å². The van der Waals surface area contributed by atoms with Crippen LogP contribution in [0.15, 0.2) is 78.6 Å². The zero-order chi connectivity index (χ0) is 28.0. The van der Waals surface area contributed by atoms with Gasteiger partial charge in [0.15, 0.2) is 6.29 Å². The highest BCUT2D eigenvalue weighted by molar-refractivity contribution is 7.09. The minimum Gasteiger partial charge on any atom is -0.351 e. The summed E-state index contributed by atoms with van der Waals surface area (Å²) in [5.74, 6) is 0.109. The Bertz CT molecular complexity index is 1590. The number of anilines is 2. The molecule has 0 radical (unpaired) electrons. The molecule has 1 saturated heterocycles. The zero-order valence-corrected chi connectivity index (χ0v) is 22.6. The third-order valence-corrected chi connectivity index (χ3v) is 7.29. The van der Waals surface area contributed by atoms with Gasteiger partial charge in [-0.05, 0) is 53.9 Å². The highest BCUT2D eigenvalue weighted by atomic mass is 32.1. The van der Waals surface area contributed by atoms with Crippen LogP contribution in [0.25, 0.3) is 22.6 Å². The fourth-order valence-electron chi connectivity index (χ4n) is 4.33. The van der Waals surface area contributed by atoms with Gasteiger partial charge >= 0.3 is 0 Å². The van der Waals surface area contributed by atoms with Crippen LogP contribution in [0.5, 0.6) is 0 Å². The van der Waals surface area contributed by atoms with E-state index in [1.54, 1.807) is 60.3 Å². The highest BCUT2D eigenvalue weighted by Gasteiger charge is 2.29. The van der Waals surface area contributed by atoms with Gasteiger partial charge in [-0.3, -0.25) is 9.78 Å². The summed E-state index contributed by atoms with van der Waals surface area (Å²) in [6.45, 7) is 1.03. The normalized spacial score (nSPS) is 16.8. The molecule has 1 aliphatic heterocycles. The van der Waals surface area contributed by atoms with Gasteiger partial charge in [-0.15, -0.1) is 11.3 Å². The van der Waals surface area contributed by atoms with Crippen molar-refractivity contribution in [2.45, 2.75) is 19.3 Å². The van der Waals surface area contributed by atoms with E-state index in [9.17, 15) is 9.18 Å². The van der Waals surface area contributed by atoms with Crippen LogP contribution in [0.3, 0.4) is 0 Å². The Morgan fingerprint density at radius 2 is 1.90 bits per heavy atom. The van der Waals surface area contributed by atoms with Crippen LogP contribution in [0.4, 0.5) is 16.0 Å². The first-order valence-electron chi connectivity index (χ1n) is 13.0. The standard InChI is InChI=1S/C29H26FN7O3S/c30-20-7-5-18(6-8-20)26-27(23-9-11-32-29(35-23)33-15-22-4-2-12-41-22)37-24(36-26)13-25-39-16-19(17-40-25)28(38)34-21-3-1-10-31-14-21/h1-12,14,19,25H,13,15-17H2,(H,34,38)(H,36,37)(H,32,33,35). The van der Waals surface area contributed by atoms with Crippen LogP contribution >= 0.6 is 11.3 Å². The molecular formula is C29H26FN7O3S. The summed E-state index contributed by atoms with van der Waals surface area (Å²) in [5, 5.41) is 8.10. The van der Waals surface area contributed by atoms with E-state index in [-0.39, 0.29) is 24.9 Å². The van der Waals surface area contributed by atoms with Gasteiger partial charge in [-0.1, -0.05) is 6.07 Å². The number of aromatic amines is 1. The number of pyridine rings is 1. The summed E-state index contributed by atoms with van der Waals surface area (Å²) in [6.07, 6.45) is 4.63. The fraction of sp³-hybridized carbons (Fsp3) is 0.207. The molecule has 5 heterocycles. The summed E-state index contributed by atoms with van der Waals surface area (Å²) in [7, 11) is 0. The number of nitrogens with zero attached hydrogens (tertiary/aromatic N) is 4. The molecule has 1 aliphatic rings. The van der Waals surface area contributed by atoms with E-state index in [4.69, 9.17) is 19.4 Å². The summed E-state index contributed by atoms with van der Waals surface area (Å²) in [5.41, 5.74) is 3.26. The number of hydrogen-bond acceptors (Lipinski definition) is 9. The fourth-order valence-corrected chi connectivity index (χ4v) is 4.98. The molecule has 0 aliphatic carbocycles. The maximum Gasteiger partial charge on any atom is 0.232 e. The van der Waals surface area contributed by atoms with Crippen molar-refractivity contribution >= 4 is 28.9 Å². The van der Waals surface area contributed by atoms with Crippen molar-refractivity contribution in [3.05, 3.63) is 95.1 Å². The van der Waals surface area contributed by atoms with Crippen molar-refractivity contribution in [1.82, 2.24) is 24.9 Å². The largest absolute Gasteiger partial charge is 0.351 e. The Balaban J connectivity index is 1.17. The van der Waals surface area contributed by atoms with E-state index in [2.05, 4.69) is 25.6 Å². The minimum atomic E-state index is -0.592. The van der Waals surface area contributed by atoms with E-state index in [0.717, 1.165) is 5.56 Å². The van der Waals surface area contributed by atoms with Crippen molar-refractivity contribution in [1.29, 1.82) is 0 Å². The molecule has 4 aromatic heterocycles. The van der Waals surface area contributed by atoms with Crippen molar-refractivity contribution in [3.8, 4) is 22.6 Å². The van der Waals surface area contributed by atoms with Crippen LogP contribution < -0.4 is 10.6 Å². The summed E-state index contributed by atoms with van der Waals surface area (Å²) < 4.78 is 25.4.